The molecule has 2 N–H and O–H groups in total. The molecule has 0 radical (unpaired) electrons. The van der Waals surface area contributed by atoms with Gasteiger partial charge in [-0.1, -0.05) is 13.8 Å². The van der Waals surface area contributed by atoms with E-state index >= 15 is 0 Å². The molecule has 13 nitrogen and oxygen atoms in total. The Kier molecular flexibility index (Phi) is 5.88. The summed E-state index contributed by atoms with van der Waals surface area (Å²) in [5.74, 6) is 1.79. The fourth-order valence-corrected chi connectivity index (χ4v) is 4.18. The van der Waals surface area contributed by atoms with E-state index in [-0.39, 0.29) is 22.5 Å². The summed E-state index contributed by atoms with van der Waals surface area (Å²) in [6.45, 7) is 6.08. The van der Waals surface area contributed by atoms with Crippen LogP contribution in [0.25, 0.3) is 11.2 Å². The molecule has 0 bridgehead atoms. The highest BCUT2D eigenvalue weighted by atomic mass is 16.5. The summed E-state index contributed by atoms with van der Waals surface area (Å²) in [6, 6.07) is 7.19. The van der Waals surface area contributed by atoms with Crippen LogP contribution < -0.4 is 15.0 Å². The monoisotopic (exact) mass is 503 g/mol. The molecule has 0 atom stereocenters. The molecule has 4 aromatic rings. The van der Waals surface area contributed by atoms with E-state index in [1.807, 2.05) is 10.7 Å². The summed E-state index contributed by atoms with van der Waals surface area (Å²) in [5, 5.41) is 27.1. The van der Waals surface area contributed by atoms with Crippen LogP contribution in [0.2, 0.25) is 0 Å². The molecule has 1 aliphatic heterocycles. The first-order valence-electron chi connectivity index (χ1n) is 11.5. The molecular formula is C24H25N9O4. The van der Waals surface area contributed by atoms with Crippen LogP contribution in [-0.4, -0.2) is 60.8 Å². The summed E-state index contributed by atoms with van der Waals surface area (Å²) in [5.41, 5.74) is 1.95. The topological polar surface area (TPSA) is 156 Å². The zero-order valence-corrected chi connectivity index (χ0v) is 20.8. The van der Waals surface area contributed by atoms with E-state index in [1.165, 1.54) is 25.5 Å². The Bertz CT molecular complexity index is 1550. The van der Waals surface area contributed by atoms with Crippen molar-refractivity contribution in [2.75, 3.05) is 30.5 Å². The number of pyridine rings is 2. The summed E-state index contributed by atoms with van der Waals surface area (Å²) in [7, 11) is 3.15. The van der Waals surface area contributed by atoms with Gasteiger partial charge in [-0.2, -0.15) is 15.3 Å². The Morgan fingerprint density at radius 1 is 1.35 bits per heavy atom. The van der Waals surface area contributed by atoms with Crippen LogP contribution in [0.4, 0.5) is 22.4 Å². The third kappa shape index (κ3) is 4.38. The number of nitriles is 1. The second-order valence-corrected chi connectivity index (χ2v) is 9.27. The van der Waals surface area contributed by atoms with Crippen LogP contribution in [-0.2, 0) is 23.7 Å². The fourth-order valence-electron chi connectivity index (χ4n) is 4.18. The number of fused-ring (bicyclic) bond motifs is 2. The predicted molar refractivity (Wildman–Crippen MR) is 133 cm³/mol. The van der Waals surface area contributed by atoms with Gasteiger partial charge < -0.3 is 24.5 Å². The van der Waals surface area contributed by atoms with Gasteiger partial charge in [0.25, 0.3) is 0 Å². The minimum atomic E-state index is -1.16. The van der Waals surface area contributed by atoms with Crippen molar-refractivity contribution in [3.63, 3.8) is 0 Å². The number of hydrogen-bond donors (Lipinski definition) is 2. The van der Waals surface area contributed by atoms with Crippen LogP contribution in [0.5, 0.6) is 11.5 Å². The number of hydrogen-bond acceptors (Lipinski definition) is 9. The molecule has 37 heavy (non-hydrogen) atoms. The number of imidazole rings is 1. The van der Waals surface area contributed by atoms with E-state index in [2.05, 4.69) is 45.3 Å². The minimum absolute atomic E-state index is 0.178. The van der Waals surface area contributed by atoms with Crippen LogP contribution in [0, 0.1) is 11.3 Å². The molecular weight excluding hydrogens is 478 g/mol. The van der Waals surface area contributed by atoms with Crippen LogP contribution in [0.1, 0.15) is 25.1 Å². The van der Waals surface area contributed by atoms with Crippen molar-refractivity contribution >= 4 is 34.8 Å². The normalized spacial score (nSPS) is 14.5. The van der Waals surface area contributed by atoms with E-state index in [9.17, 15) is 15.2 Å². The van der Waals surface area contributed by atoms with Crippen LogP contribution >= 0.6 is 0 Å². The molecule has 0 saturated carbocycles. The molecule has 1 aliphatic rings. The molecule has 5 heterocycles. The average Bonchev–Trinajstić information content (AvgIpc) is 3.39. The molecule has 1 amide bonds. The predicted octanol–water partition coefficient (Wildman–Crippen LogP) is 3.39. The maximum atomic E-state index is 11.3. The summed E-state index contributed by atoms with van der Waals surface area (Å²) >= 11 is 0. The number of nitrogens with one attached hydrogen (secondary N) is 1. The van der Waals surface area contributed by atoms with Gasteiger partial charge in [0.05, 0.1) is 26.0 Å². The van der Waals surface area contributed by atoms with Gasteiger partial charge in [0.15, 0.2) is 17.2 Å². The molecule has 0 unspecified atom stereocenters. The second-order valence-electron chi connectivity index (χ2n) is 9.27. The van der Waals surface area contributed by atoms with Crippen molar-refractivity contribution in [2.45, 2.75) is 25.8 Å². The SMILES string of the molecule is CN(C(=O)O)c1cc(Oc2cnc3nc(Nc4cc5n(n4)CCOCC5(C)C)n(C)c3c2C#N)ccn1. The Hall–Kier alpha value is -4.70. The summed E-state index contributed by atoms with van der Waals surface area (Å²) < 4.78 is 15.3. The van der Waals surface area contributed by atoms with Crippen molar-refractivity contribution in [3.8, 4) is 17.6 Å². The van der Waals surface area contributed by atoms with E-state index in [0.717, 1.165) is 10.6 Å². The maximum absolute atomic E-state index is 11.3. The first-order chi connectivity index (χ1) is 17.7. The lowest BCUT2D eigenvalue weighted by Gasteiger charge is -2.21. The third-order valence-corrected chi connectivity index (χ3v) is 6.17. The summed E-state index contributed by atoms with van der Waals surface area (Å²) in [4.78, 5) is 25.2. The van der Waals surface area contributed by atoms with Gasteiger partial charge in [-0.25, -0.2) is 14.8 Å². The second kappa shape index (κ2) is 9.07. The smallest absolute Gasteiger partial charge is 0.412 e. The van der Waals surface area contributed by atoms with E-state index in [0.29, 0.717) is 48.4 Å². The van der Waals surface area contributed by atoms with Gasteiger partial charge >= 0.3 is 6.09 Å². The van der Waals surface area contributed by atoms with E-state index < -0.39 is 6.09 Å². The number of carboxylic acid groups (broad SMARTS) is 1. The first-order valence-corrected chi connectivity index (χ1v) is 11.5. The quantitative estimate of drug-likeness (QED) is 0.414. The Balaban J connectivity index is 1.48. The molecule has 4 aromatic heterocycles. The molecule has 0 spiro atoms. The number of amides is 1. The minimum Gasteiger partial charge on any atom is -0.465 e. The highest BCUT2D eigenvalue weighted by Crippen LogP contribution is 2.33. The standard InChI is InChI=1S/C24H25N9O4/c1-24(2)13-36-8-7-33-17(24)10-18(30-33)28-22-29-21-20(32(22)4)15(11-25)16(12-27-21)37-14-5-6-26-19(9-14)31(3)23(34)35/h5-6,9-10,12H,7-8,13H2,1-4H3,(H,34,35)(H,27,28,29,30). The third-order valence-electron chi connectivity index (χ3n) is 6.17. The van der Waals surface area contributed by atoms with Crippen molar-refractivity contribution in [2.24, 2.45) is 7.05 Å². The number of ether oxygens (including phenoxy) is 2. The lowest BCUT2D eigenvalue weighted by molar-refractivity contribution is 0.103. The highest BCUT2D eigenvalue weighted by molar-refractivity contribution is 5.85. The maximum Gasteiger partial charge on any atom is 0.412 e. The van der Waals surface area contributed by atoms with Crippen LogP contribution in [0.15, 0.2) is 30.6 Å². The van der Waals surface area contributed by atoms with Gasteiger partial charge in [0.2, 0.25) is 5.95 Å². The molecule has 13 heteroatoms. The fraction of sp³-hybridized carbons (Fsp3) is 0.333. The zero-order valence-electron chi connectivity index (χ0n) is 20.8. The average molecular weight is 504 g/mol. The van der Waals surface area contributed by atoms with Gasteiger partial charge in [0, 0.05) is 43.5 Å². The first kappa shape index (κ1) is 24.0. The highest BCUT2D eigenvalue weighted by Gasteiger charge is 2.29. The summed E-state index contributed by atoms with van der Waals surface area (Å²) in [6.07, 6.45) is 1.68. The van der Waals surface area contributed by atoms with Gasteiger partial charge in [0.1, 0.15) is 28.7 Å². The van der Waals surface area contributed by atoms with Crippen molar-refractivity contribution in [1.29, 1.82) is 5.26 Å². The van der Waals surface area contributed by atoms with Crippen molar-refractivity contribution < 1.29 is 19.4 Å². The van der Waals surface area contributed by atoms with Crippen molar-refractivity contribution in [1.82, 2.24) is 29.3 Å². The molecule has 0 fully saturated rings. The lowest BCUT2D eigenvalue weighted by Crippen LogP contribution is -2.24. The molecule has 0 aliphatic carbocycles. The van der Waals surface area contributed by atoms with Crippen molar-refractivity contribution in [3.05, 3.63) is 41.9 Å². The van der Waals surface area contributed by atoms with Gasteiger partial charge in [-0.05, 0) is 6.07 Å². The van der Waals surface area contributed by atoms with Gasteiger partial charge in [-0.15, -0.1) is 0 Å². The Labute approximate surface area is 211 Å². The molecule has 0 saturated heterocycles. The molecule has 190 valence electrons. The van der Waals surface area contributed by atoms with E-state index in [1.54, 1.807) is 17.7 Å². The number of carbonyl (C=O) groups is 1. The number of rotatable bonds is 5. The number of nitrogens with zero attached hydrogens (tertiary/aromatic N) is 8. The van der Waals surface area contributed by atoms with E-state index in [4.69, 9.17) is 9.47 Å². The zero-order chi connectivity index (χ0) is 26.3. The molecule has 5 rings (SSSR count). The number of aryl methyl sites for hydroxylation is 1. The van der Waals surface area contributed by atoms with Gasteiger partial charge in [-0.3, -0.25) is 9.58 Å². The number of anilines is 3. The van der Waals surface area contributed by atoms with Crippen LogP contribution in [0.3, 0.4) is 0 Å². The lowest BCUT2D eigenvalue weighted by atomic mass is 9.90. The molecule has 0 aromatic carbocycles. The largest absolute Gasteiger partial charge is 0.465 e. The Morgan fingerprint density at radius 2 is 2.16 bits per heavy atom. The Morgan fingerprint density at radius 3 is 2.92 bits per heavy atom. The number of aromatic nitrogens is 6.